The van der Waals surface area contributed by atoms with Gasteiger partial charge in [-0.1, -0.05) is 30.3 Å². The summed E-state index contributed by atoms with van der Waals surface area (Å²) in [7, 11) is 2.90. The zero-order valence-corrected chi connectivity index (χ0v) is 19.6. The molecule has 3 aromatic carbocycles. The third-order valence-corrected chi connectivity index (χ3v) is 5.34. The lowest BCUT2D eigenvalue weighted by molar-refractivity contribution is -0.148. The number of ether oxygens (including phenoxy) is 4. The van der Waals surface area contributed by atoms with Crippen LogP contribution in [0.2, 0.25) is 0 Å². The van der Waals surface area contributed by atoms with E-state index in [4.69, 9.17) is 29.2 Å². The Morgan fingerprint density at radius 2 is 1.43 bits per heavy atom. The van der Waals surface area contributed by atoms with Crippen molar-refractivity contribution in [2.24, 2.45) is 0 Å². The van der Waals surface area contributed by atoms with Crippen LogP contribution in [0.25, 0.3) is 11.1 Å². The van der Waals surface area contributed by atoms with Gasteiger partial charge in [0.15, 0.2) is 17.6 Å². The largest absolute Gasteiger partial charge is 0.493 e. The Balaban J connectivity index is 1.46. The van der Waals surface area contributed by atoms with E-state index in [-0.39, 0.29) is 12.0 Å². The number of carboxylic acid groups (broad SMARTS) is 2. The van der Waals surface area contributed by atoms with Crippen LogP contribution in [0.4, 0.5) is 0 Å². The van der Waals surface area contributed by atoms with Crippen molar-refractivity contribution >= 4 is 11.9 Å². The first kappa shape index (κ1) is 25.6. The molecule has 8 nitrogen and oxygen atoms in total. The fourth-order valence-corrected chi connectivity index (χ4v) is 3.42. The van der Waals surface area contributed by atoms with E-state index < -0.39 is 18.0 Å². The van der Waals surface area contributed by atoms with Gasteiger partial charge in [-0.3, -0.25) is 0 Å². The Kier molecular flexibility index (Phi) is 9.09. The van der Waals surface area contributed by atoms with Gasteiger partial charge in [0.05, 0.1) is 25.9 Å². The van der Waals surface area contributed by atoms with Crippen molar-refractivity contribution in [3.05, 3.63) is 77.9 Å². The average Bonchev–Trinajstić information content (AvgIpc) is 2.87. The Morgan fingerprint density at radius 1 is 0.800 bits per heavy atom. The number of hydrogen-bond acceptors (Lipinski definition) is 6. The van der Waals surface area contributed by atoms with Crippen molar-refractivity contribution in [1.29, 1.82) is 0 Å². The van der Waals surface area contributed by atoms with Crippen LogP contribution < -0.4 is 14.2 Å². The normalized spacial score (nSPS) is 11.5. The average molecular weight is 481 g/mol. The molecule has 0 spiro atoms. The molecule has 0 heterocycles. The van der Waals surface area contributed by atoms with Gasteiger partial charge in [-0.2, -0.15) is 0 Å². The molecule has 3 rings (SSSR count). The maximum absolute atomic E-state index is 11.2. The molecule has 0 saturated heterocycles. The zero-order chi connectivity index (χ0) is 25.2. The fourth-order valence-electron chi connectivity index (χ4n) is 3.42. The van der Waals surface area contributed by atoms with Gasteiger partial charge in [-0.25, -0.2) is 9.59 Å². The van der Waals surface area contributed by atoms with Crippen LogP contribution in [0.1, 0.15) is 22.3 Å². The maximum Gasteiger partial charge on any atom is 0.335 e. The molecule has 3 aromatic rings. The van der Waals surface area contributed by atoms with Crippen LogP contribution in [-0.4, -0.2) is 55.7 Å². The van der Waals surface area contributed by atoms with Crippen LogP contribution in [0.5, 0.6) is 17.2 Å². The second kappa shape index (κ2) is 12.4. The first-order valence-corrected chi connectivity index (χ1v) is 11.0. The molecule has 0 aliphatic heterocycles. The lowest BCUT2D eigenvalue weighted by Gasteiger charge is -2.14. The molecule has 184 valence electrons. The number of aliphatic carboxylic acids is 1. The van der Waals surface area contributed by atoms with Crippen molar-refractivity contribution in [3.63, 3.8) is 0 Å². The predicted octanol–water partition coefficient (Wildman–Crippen LogP) is 4.55. The number of carbonyl (C=O) groups is 2. The van der Waals surface area contributed by atoms with Gasteiger partial charge in [0.2, 0.25) is 0 Å². The lowest BCUT2D eigenvalue weighted by Crippen LogP contribution is -2.24. The minimum atomic E-state index is -1.02. The molecular weight excluding hydrogens is 452 g/mol. The number of carboxylic acids is 2. The molecule has 0 aromatic heterocycles. The van der Waals surface area contributed by atoms with Crippen molar-refractivity contribution in [1.82, 2.24) is 0 Å². The number of aromatic carboxylic acids is 1. The summed E-state index contributed by atoms with van der Waals surface area (Å²) in [5.74, 6) is -0.148. The van der Waals surface area contributed by atoms with Crippen molar-refractivity contribution in [3.8, 4) is 28.4 Å². The summed E-state index contributed by atoms with van der Waals surface area (Å²) in [6.07, 6.45) is -0.0493. The quantitative estimate of drug-likeness (QED) is 0.343. The standard InChI is InChI=1S/C27H28O8/c1-32-24-16-18(17-25(33-2)27(30)31)4-13-23(24)35-15-3-14-34-22-11-9-20(10-12-22)19-5-7-21(8-6-19)26(28)29/h4-13,16,25H,3,14-15,17H2,1-2H3,(H,28,29)(H,30,31)/t25-/m0/s1. The van der Waals surface area contributed by atoms with E-state index in [1.54, 1.807) is 42.5 Å². The van der Waals surface area contributed by atoms with Crippen molar-refractivity contribution in [2.45, 2.75) is 18.9 Å². The molecule has 35 heavy (non-hydrogen) atoms. The van der Waals surface area contributed by atoms with Crippen LogP contribution in [0.3, 0.4) is 0 Å². The fraction of sp³-hybridized carbons (Fsp3) is 0.259. The van der Waals surface area contributed by atoms with Gasteiger partial charge in [0, 0.05) is 20.0 Å². The Hall–Kier alpha value is -4.04. The van der Waals surface area contributed by atoms with Crippen molar-refractivity contribution in [2.75, 3.05) is 27.4 Å². The molecule has 0 fully saturated rings. The molecule has 0 aliphatic rings. The highest BCUT2D eigenvalue weighted by molar-refractivity contribution is 5.88. The van der Waals surface area contributed by atoms with E-state index in [9.17, 15) is 9.59 Å². The van der Waals surface area contributed by atoms with E-state index in [2.05, 4.69) is 0 Å². The first-order chi connectivity index (χ1) is 16.9. The maximum atomic E-state index is 11.2. The number of hydrogen-bond donors (Lipinski definition) is 2. The highest BCUT2D eigenvalue weighted by atomic mass is 16.5. The van der Waals surface area contributed by atoms with Crippen molar-refractivity contribution < 1.29 is 38.7 Å². The van der Waals surface area contributed by atoms with Crippen LogP contribution in [0, 0.1) is 0 Å². The number of methoxy groups -OCH3 is 2. The third-order valence-electron chi connectivity index (χ3n) is 5.34. The SMILES string of the molecule is COc1cc(C[C@H](OC)C(=O)O)ccc1OCCCOc1ccc(-c2ccc(C(=O)O)cc2)cc1. The smallest absolute Gasteiger partial charge is 0.335 e. The predicted molar refractivity (Wildman–Crippen MR) is 130 cm³/mol. The first-order valence-electron chi connectivity index (χ1n) is 11.0. The molecule has 0 unspecified atom stereocenters. The molecular formula is C27H28O8. The second-order valence-corrected chi connectivity index (χ2v) is 7.71. The number of benzene rings is 3. The van der Waals surface area contributed by atoms with E-state index in [0.717, 1.165) is 22.4 Å². The molecule has 2 N–H and O–H groups in total. The molecule has 1 atom stereocenters. The summed E-state index contributed by atoms with van der Waals surface area (Å²) >= 11 is 0. The van der Waals surface area contributed by atoms with Crippen LogP contribution in [-0.2, 0) is 16.0 Å². The highest BCUT2D eigenvalue weighted by Crippen LogP contribution is 2.29. The van der Waals surface area contributed by atoms with Crippen LogP contribution >= 0.6 is 0 Å². The van der Waals surface area contributed by atoms with Gasteiger partial charge < -0.3 is 29.2 Å². The Labute approximate surface area is 203 Å². The van der Waals surface area contributed by atoms with Gasteiger partial charge in [-0.15, -0.1) is 0 Å². The summed E-state index contributed by atoms with van der Waals surface area (Å²) in [6, 6.07) is 19.6. The second-order valence-electron chi connectivity index (χ2n) is 7.71. The summed E-state index contributed by atoms with van der Waals surface area (Å²) < 4.78 is 22.0. The van der Waals surface area contributed by atoms with Gasteiger partial charge in [0.1, 0.15) is 5.75 Å². The molecule has 0 saturated carbocycles. The number of rotatable bonds is 13. The Morgan fingerprint density at radius 3 is 2.00 bits per heavy atom. The van der Waals surface area contributed by atoms with E-state index in [0.29, 0.717) is 31.1 Å². The highest BCUT2D eigenvalue weighted by Gasteiger charge is 2.18. The van der Waals surface area contributed by atoms with E-state index in [1.165, 1.54) is 14.2 Å². The van der Waals surface area contributed by atoms with E-state index >= 15 is 0 Å². The molecule has 8 heteroatoms. The molecule has 0 amide bonds. The van der Waals surface area contributed by atoms with Crippen LogP contribution in [0.15, 0.2) is 66.7 Å². The minimum Gasteiger partial charge on any atom is -0.493 e. The topological polar surface area (TPSA) is 112 Å². The third kappa shape index (κ3) is 7.22. The molecule has 0 bridgehead atoms. The molecule has 0 aliphatic carbocycles. The van der Waals surface area contributed by atoms with Gasteiger partial charge in [0.25, 0.3) is 0 Å². The zero-order valence-electron chi connectivity index (χ0n) is 19.6. The summed E-state index contributed by atoms with van der Waals surface area (Å²) in [5, 5.41) is 18.2. The lowest BCUT2D eigenvalue weighted by atomic mass is 10.0. The van der Waals surface area contributed by atoms with Gasteiger partial charge >= 0.3 is 11.9 Å². The summed E-state index contributed by atoms with van der Waals surface area (Å²) in [4.78, 5) is 22.1. The summed E-state index contributed by atoms with van der Waals surface area (Å²) in [6.45, 7) is 0.876. The van der Waals surface area contributed by atoms with E-state index in [1.807, 2.05) is 24.3 Å². The Bertz CT molecular complexity index is 1120. The summed E-state index contributed by atoms with van der Waals surface area (Å²) in [5.41, 5.74) is 2.92. The molecule has 0 radical (unpaired) electrons. The minimum absolute atomic E-state index is 0.225. The van der Waals surface area contributed by atoms with Gasteiger partial charge in [-0.05, 0) is 53.1 Å². The monoisotopic (exact) mass is 480 g/mol.